The second kappa shape index (κ2) is 4.44. The predicted molar refractivity (Wildman–Crippen MR) is 53.8 cm³/mol. The number of para-hydroxylation sites is 1. The van der Waals surface area contributed by atoms with Gasteiger partial charge in [0.15, 0.2) is 12.2 Å². The van der Waals surface area contributed by atoms with Crippen molar-refractivity contribution in [2.75, 3.05) is 5.32 Å². The van der Waals surface area contributed by atoms with Crippen molar-refractivity contribution in [1.29, 1.82) is 0 Å². The standard InChI is InChI=1S/C8H13N5/c9-7(10)13-8(11)12-6-4-2-1-3-5-6/h1-5,7H,9-10H2,(H3,11,12,13). The van der Waals surface area contributed by atoms with Crippen LogP contribution in [0.3, 0.4) is 0 Å². The lowest BCUT2D eigenvalue weighted by molar-refractivity contribution is 0.750. The Hall–Kier alpha value is -1.59. The number of aliphatic imine (C=N–C) groups is 1. The predicted octanol–water partition coefficient (Wildman–Crippen LogP) is -0.386. The van der Waals surface area contributed by atoms with Crippen LogP contribution in [-0.4, -0.2) is 12.2 Å². The van der Waals surface area contributed by atoms with Crippen molar-refractivity contribution in [2.24, 2.45) is 22.2 Å². The highest BCUT2D eigenvalue weighted by atomic mass is 15.2. The van der Waals surface area contributed by atoms with Crippen molar-refractivity contribution in [3.63, 3.8) is 0 Å². The van der Waals surface area contributed by atoms with Gasteiger partial charge in [-0.3, -0.25) is 11.5 Å². The fourth-order valence-electron chi connectivity index (χ4n) is 0.862. The molecule has 0 aliphatic heterocycles. The highest BCUT2D eigenvalue weighted by Gasteiger charge is 1.94. The summed E-state index contributed by atoms with van der Waals surface area (Å²) in [6, 6.07) is 9.41. The second-order valence-electron chi connectivity index (χ2n) is 2.50. The van der Waals surface area contributed by atoms with E-state index in [4.69, 9.17) is 17.2 Å². The van der Waals surface area contributed by atoms with E-state index >= 15 is 0 Å². The zero-order valence-corrected chi connectivity index (χ0v) is 7.14. The molecule has 5 heteroatoms. The van der Waals surface area contributed by atoms with Crippen molar-refractivity contribution in [3.05, 3.63) is 30.3 Å². The highest BCUT2D eigenvalue weighted by Crippen LogP contribution is 2.03. The Balaban J connectivity index is 2.60. The van der Waals surface area contributed by atoms with Gasteiger partial charge < -0.3 is 11.1 Å². The van der Waals surface area contributed by atoms with E-state index < -0.39 is 6.29 Å². The molecule has 7 N–H and O–H groups in total. The zero-order valence-electron chi connectivity index (χ0n) is 7.14. The second-order valence-corrected chi connectivity index (χ2v) is 2.50. The molecule has 0 amide bonds. The van der Waals surface area contributed by atoms with E-state index in [1.165, 1.54) is 0 Å². The molecule has 0 saturated heterocycles. The third-order valence-electron chi connectivity index (χ3n) is 1.33. The van der Waals surface area contributed by atoms with Gasteiger partial charge in [0.1, 0.15) is 0 Å². The Kier molecular flexibility index (Phi) is 3.24. The summed E-state index contributed by atoms with van der Waals surface area (Å²) in [4.78, 5) is 3.71. The molecule has 5 nitrogen and oxygen atoms in total. The van der Waals surface area contributed by atoms with Crippen molar-refractivity contribution in [1.82, 2.24) is 0 Å². The minimum Gasteiger partial charge on any atom is -0.370 e. The lowest BCUT2D eigenvalue weighted by Gasteiger charge is -2.05. The number of anilines is 1. The SMILES string of the molecule is NC(=NC(N)N)Nc1ccccc1. The van der Waals surface area contributed by atoms with Crippen molar-refractivity contribution < 1.29 is 0 Å². The van der Waals surface area contributed by atoms with E-state index in [9.17, 15) is 0 Å². The molecular weight excluding hydrogens is 166 g/mol. The molecule has 0 aliphatic rings. The molecule has 0 aliphatic carbocycles. The minimum atomic E-state index is -0.781. The van der Waals surface area contributed by atoms with Gasteiger partial charge in [0.25, 0.3) is 0 Å². The first-order valence-electron chi connectivity index (χ1n) is 3.85. The quantitative estimate of drug-likeness (QED) is 0.282. The van der Waals surface area contributed by atoms with E-state index in [-0.39, 0.29) is 5.96 Å². The molecule has 13 heavy (non-hydrogen) atoms. The van der Waals surface area contributed by atoms with Crippen LogP contribution in [0, 0.1) is 0 Å². The van der Waals surface area contributed by atoms with Gasteiger partial charge in [-0.1, -0.05) is 18.2 Å². The Labute approximate surface area is 76.6 Å². The van der Waals surface area contributed by atoms with E-state index in [1.54, 1.807) is 0 Å². The number of benzene rings is 1. The van der Waals surface area contributed by atoms with E-state index in [0.717, 1.165) is 5.69 Å². The molecule has 1 rings (SSSR count). The van der Waals surface area contributed by atoms with Gasteiger partial charge in [0.2, 0.25) is 0 Å². The molecule has 0 atom stereocenters. The van der Waals surface area contributed by atoms with Gasteiger partial charge in [0, 0.05) is 5.69 Å². The first-order valence-corrected chi connectivity index (χ1v) is 3.85. The number of rotatable bonds is 2. The maximum Gasteiger partial charge on any atom is 0.195 e. The number of nitrogens with zero attached hydrogens (tertiary/aromatic N) is 1. The third-order valence-corrected chi connectivity index (χ3v) is 1.33. The van der Waals surface area contributed by atoms with Crippen LogP contribution in [0.5, 0.6) is 0 Å². The molecule has 70 valence electrons. The Morgan fingerprint density at radius 3 is 2.38 bits per heavy atom. The maximum atomic E-state index is 5.49. The van der Waals surface area contributed by atoms with Crippen LogP contribution in [0.2, 0.25) is 0 Å². The highest BCUT2D eigenvalue weighted by molar-refractivity contribution is 5.92. The average Bonchev–Trinajstić information content (AvgIpc) is 2.04. The fraction of sp³-hybridized carbons (Fsp3) is 0.125. The van der Waals surface area contributed by atoms with Gasteiger partial charge in [0.05, 0.1) is 0 Å². The smallest absolute Gasteiger partial charge is 0.195 e. The summed E-state index contributed by atoms with van der Waals surface area (Å²) < 4.78 is 0. The van der Waals surface area contributed by atoms with Crippen LogP contribution in [-0.2, 0) is 0 Å². The number of nitrogens with one attached hydrogen (secondary N) is 1. The maximum absolute atomic E-state index is 5.49. The summed E-state index contributed by atoms with van der Waals surface area (Å²) in [6.07, 6.45) is -0.781. The van der Waals surface area contributed by atoms with Crippen molar-refractivity contribution in [3.8, 4) is 0 Å². The Morgan fingerprint density at radius 1 is 1.23 bits per heavy atom. The van der Waals surface area contributed by atoms with Crippen LogP contribution >= 0.6 is 0 Å². The summed E-state index contributed by atoms with van der Waals surface area (Å²) in [7, 11) is 0. The van der Waals surface area contributed by atoms with Crippen molar-refractivity contribution in [2.45, 2.75) is 6.29 Å². The summed E-state index contributed by atoms with van der Waals surface area (Å²) in [5.74, 6) is 0.209. The lowest BCUT2D eigenvalue weighted by atomic mass is 10.3. The van der Waals surface area contributed by atoms with Crippen LogP contribution in [0.25, 0.3) is 0 Å². The molecule has 0 heterocycles. The summed E-state index contributed by atoms with van der Waals surface area (Å²) in [5.41, 5.74) is 16.8. The lowest BCUT2D eigenvalue weighted by Crippen LogP contribution is -2.33. The molecule has 0 aromatic heterocycles. The largest absolute Gasteiger partial charge is 0.370 e. The molecule has 0 saturated carbocycles. The molecule has 0 unspecified atom stereocenters. The summed E-state index contributed by atoms with van der Waals surface area (Å²) in [5, 5.41) is 2.84. The monoisotopic (exact) mass is 179 g/mol. The van der Waals surface area contributed by atoms with Crippen LogP contribution in [0.15, 0.2) is 35.3 Å². The topological polar surface area (TPSA) is 102 Å². The molecular formula is C8H13N5. The van der Waals surface area contributed by atoms with Gasteiger partial charge in [-0.2, -0.15) is 0 Å². The first-order chi connectivity index (χ1) is 6.18. The average molecular weight is 179 g/mol. The van der Waals surface area contributed by atoms with Crippen LogP contribution in [0.4, 0.5) is 5.69 Å². The van der Waals surface area contributed by atoms with E-state index in [1.807, 2.05) is 30.3 Å². The van der Waals surface area contributed by atoms with E-state index in [2.05, 4.69) is 10.3 Å². The molecule has 0 bridgehead atoms. The van der Waals surface area contributed by atoms with Gasteiger partial charge in [-0.05, 0) is 12.1 Å². The molecule has 0 radical (unpaired) electrons. The van der Waals surface area contributed by atoms with Gasteiger partial charge in [-0.15, -0.1) is 0 Å². The Bertz CT molecular complexity index is 280. The van der Waals surface area contributed by atoms with Crippen molar-refractivity contribution >= 4 is 11.6 Å². The Morgan fingerprint density at radius 2 is 1.85 bits per heavy atom. The van der Waals surface area contributed by atoms with Gasteiger partial charge in [-0.25, -0.2) is 4.99 Å². The first kappa shape index (κ1) is 9.50. The number of hydrogen-bond donors (Lipinski definition) is 4. The fourth-order valence-corrected chi connectivity index (χ4v) is 0.862. The van der Waals surface area contributed by atoms with Gasteiger partial charge >= 0.3 is 0 Å². The molecule has 0 fully saturated rings. The number of guanidine groups is 1. The van der Waals surface area contributed by atoms with E-state index in [0.29, 0.717) is 0 Å². The summed E-state index contributed by atoms with van der Waals surface area (Å²) >= 11 is 0. The third kappa shape index (κ3) is 3.55. The molecule has 0 spiro atoms. The molecule has 1 aromatic rings. The van der Waals surface area contributed by atoms with Crippen LogP contribution in [0.1, 0.15) is 0 Å². The van der Waals surface area contributed by atoms with Crippen LogP contribution < -0.4 is 22.5 Å². The minimum absolute atomic E-state index is 0.209. The number of nitrogens with two attached hydrogens (primary N) is 3. The normalized spacial score (nSPS) is 11.8. The number of hydrogen-bond acceptors (Lipinski definition) is 3. The summed E-state index contributed by atoms with van der Waals surface area (Å²) in [6.45, 7) is 0. The zero-order chi connectivity index (χ0) is 9.68. The molecule has 1 aromatic carbocycles.